The Bertz CT molecular complexity index is 420. The third kappa shape index (κ3) is 2.08. The molecular formula is C13H19N3O. The highest BCUT2D eigenvalue weighted by Gasteiger charge is 2.33. The fourth-order valence-corrected chi connectivity index (χ4v) is 3.41. The largest absolute Gasteiger partial charge is 0.352 e. The van der Waals surface area contributed by atoms with Gasteiger partial charge in [0.25, 0.3) is 5.56 Å². The van der Waals surface area contributed by atoms with E-state index in [0.717, 1.165) is 18.3 Å². The minimum Gasteiger partial charge on any atom is -0.352 e. The summed E-state index contributed by atoms with van der Waals surface area (Å²) in [6.07, 6.45) is 7.98. The molecule has 0 radical (unpaired) electrons. The maximum Gasteiger partial charge on any atom is 0.264 e. The SMILES string of the molecule is O=c1ccc(N2CCC[C@@H]3CCCC[C@H]32)n[nH]1. The molecule has 0 amide bonds. The first-order valence-corrected chi connectivity index (χ1v) is 6.67. The molecule has 2 heterocycles. The van der Waals surface area contributed by atoms with E-state index in [1.165, 1.54) is 38.5 Å². The first-order chi connectivity index (χ1) is 8.34. The van der Waals surface area contributed by atoms with Gasteiger partial charge in [0.05, 0.1) is 0 Å². The molecule has 1 saturated carbocycles. The van der Waals surface area contributed by atoms with Gasteiger partial charge in [-0.25, -0.2) is 5.10 Å². The van der Waals surface area contributed by atoms with Gasteiger partial charge in [-0.15, -0.1) is 0 Å². The number of H-pyrrole nitrogens is 1. The minimum atomic E-state index is -0.119. The van der Waals surface area contributed by atoms with Crippen LogP contribution in [0.15, 0.2) is 16.9 Å². The molecular weight excluding hydrogens is 214 g/mol. The Labute approximate surface area is 101 Å². The maximum atomic E-state index is 11.1. The molecule has 4 nitrogen and oxygen atoms in total. The van der Waals surface area contributed by atoms with Crippen LogP contribution in [0, 0.1) is 5.92 Å². The van der Waals surface area contributed by atoms with Crippen LogP contribution in [0.4, 0.5) is 5.82 Å². The van der Waals surface area contributed by atoms with Gasteiger partial charge in [-0.2, -0.15) is 5.10 Å². The molecule has 4 heteroatoms. The Morgan fingerprint density at radius 3 is 2.82 bits per heavy atom. The average molecular weight is 233 g/mol. The van der Waals surface area contributed by atoms with Crippen LogP contribution in [0.2, 0.25) is 0 Å². The zero-order valence-electron chi connectivity index (χ0n) is 10.1. The smallest absolute Gasteiger partial charge is 0.264 e. The van der Waals surface area contributed by atoms with Crippen LogP contribution >= 0.6 is 0 Å². The fraction of sp³-hybridized carbons (Fsp3) is 0.692. The molecule has 1 aromatic rings. The fourth-order valence-electron chi connectivity index (χ4n) is 3.41. The van der Waals surface area contributed by atoms with Gasteiger partial charge in [-0.3, -0.25) is 4.79 Å². The standard InChI is InChI=1S/C13H19N3O/c17-13-8-7-12(14-15-13)16-9-3-5-10-4-1-2-6-11(10)16/h7-8,10-11H,1-6,9H2,(H,15,17)/t10-,11+/m0/s1. The van der Waals surface area contributed by atoms with Crippen molar-refractivity contribution in [3.63, 3.8) is 0 Å². The van der Waals surface area contributed by atoms with E-state index in [9.17, 15) is 4.79 Å². The van der Waals surface area contributed by atoms with Gasteiger partial charge >= 0.3 is 0 Å². The predicted molar refractivity (Wildman–Crippen MR) is 67.2 cm³/mol. The van der Waals surface area contributed by atoms with E-state index in [-0.39, 0.29) is 5.56 Å². The molecule has 0 spiro atoms. The van der Waals surface area contributed by atoms with Crippen LogP contribution in [0.5, 0.6) is 0 Å². The third-order valence-electron chi connectivity index (χ3n) is 4.20. The van der Waals surface area contributed by atoms with E-state index in [4.69, 9.17) is 0 Å². The summed E-state index contributed by atoms with van der Waals surface area (Å²) >= 11 is 0. The van der Waals surface area contributed by atoms with E-state index < -0.39 is 0 Å². The number of nitrogens with zero attached hydrogens (tertiary/aromatic N) is 2. The Hall–Kier alpha value is -1.32. The number of nitrogens with one attached hydrogen (secondary N) is 1. The summed E-state index contributed by atoms with van der Waals surface area (Å²) in [5, 5.41) is 6.73. The summed E-state index contributed by atoms with van der Waals surface area (Å²) in [6.45, 7) is 1.08. The molecule has 1 aliphatic carbocycles. The summed E-state index contributed by atoms with van der Waals surface area (Å²) in [5.41, 5.74) is -0.119. The van der Waals surface area contributed by atoms with E-state index in [1.54, 1.807) is 6.07 Å². The number of hydrogen-bond donors (Lipinski definition) is 1. The summed E-state index contributed by atoms with van der Waals surface area (Å²) in [4.78, 5) is 13.5. The minimum absolute atomic E-state index is 0.119. The first kappa shape index (κ1) is 10.8. The number of rotatable bonds is 1. The van der Waals surface area contributed by atoms with Crippen LogP contribution < -0.4 is 10.5 Å². The highest BCUT2D eigenvalue weighted by molar-refractivity contribution is 5.39. The summed E-state index contributed by atoms with van der Waals surface area (Å²) < 4.78 is 0. The number of anilines is 1. The highest BCUT2D eigenvalue weighted by Crippen LogP contribution is 2.36. The molecule has 3 rings (SSSR count). The third-order valence-corrected chi connectivity index (χ3v) is 4.20. The van der Waals surface area contributed by atoms with Gasteiger partial charge in [0.1, 0.15) is 5.82 Å². The van der Waals surface area contributed by atoms with Crippen molar-refractivity contribution in [1.82, 2.24) is 10.2 Å². The Morgan fingerprint density at radius 1 is 1.18 bits per heavy atom. The molecule has 17 heavy (non-hydrogen) atoms. The lowest BCUT2D eigenvalue weighted by molar-refractivity contribution is 0.242. The Kier molecular flexibility index (Phi) is 2.87. The van der Waals surface area contributed by atoms with Gasteiger partial charge in [0, 0.05) is 18.7 Å². The summed E-state index contributed by atoms with van der Waals surface area (Å²) in [7, 11) is 0. The molecule has 92 valence electrons. The Balaban J connectivity index is 1.85. The summed E-state index contributed by atoms with van der Waals surface area (Å²) in [5.74, 6) is 1.78. The number of aromatic amines is 1. The second-order valence-electron chi connectivity index (χ2n) is 5.23. The van der Waals surface area contributed by atoms with Crippen molar-refractivity contribution in [3.05, 3.63) is 22.5 Å². The maximum absolute atomic E-state index is 11.1. The van der Waals surface area contributed by atoms with Crippen LogP contribution in [-0.4, -0.2) is 22.8 Å². The van der Waals surface area contributed by atoms with Crippen molar-refractivity contribution in [3.8, 4) is 0 Å². The second kappa shape index (κ2) is 4.51. The topological polar surface area (TPSA) is 49.0 Å². The van der Waals surface area contributed by atoms with Gasteiger partial charge in [0.2, 0.25) is 0 Å². The van der Waals surface area contributed by atoms with Crippen molar-refractivity contribution in [2.24, 2.45) is 5.92 Å². The predicted octanol–water partition coefficient (Wildman–Crippen LogP) is 1.93. The van der Waals surface area contributed by atoms with Crippen LogP contribution in [0.25, 0.3) is 0 Å². The number of piperidine rings is 1. The molecule has 0 unspecified atom stereocenters. The Morgan fingerprint density at radius 2 is 2.00 bits per heavy atom. The molecule has 2 atom stereocenters. The van der Waals surface area contributed by atoms with E-state index in [2.05, 4.69) is 15.1 Å². The van der Waals surface area contributed by atoms with Crippen molar-refractivity contribution in [1.29, 1.82) is 0 Å². The van der Waals surface area contributed by atoms with E-state index in [0.29, 0.717) is 6.04 Å². The second-order valence-corrected chi connectivity index (χ2v) is 5.23. The monoisotopic (exact) mass is 233 g/mol. The lowest BCUT2D eigenvalue weighted by Gasteiger charge is -2.44. The van der Waals surface area contributed by atoms with Crippen LogP contribution in [0.3, 0.4) is 0 Å². The van der Waals surface area contributed by atoms with E-state index in [1.807, 2.05) is 6.07 Å². The van der Waals surface area contributed by atoms with Crippen molar-refractivity contribution >= 4 is 5.82 Å². The molecule has 1 saturated heterocycles. The van der Waals surface area contributed by atoms with Gasteiger partial charge in [0.15, 0.2) is 0 Å². The highest BCUT2D eigenvalue weighted by atomic mass is 16.1. The lowest BCUT2D eigenvalue weighted by Crippen LogP contribution is -2.47. The van der Waals surface area contributed by atoms with Gasteiger partial charge < -0.3 is 4.90 Å². The molecule has 2 fully saturated rings. The average Bonchev–Trinajstić information content (AvgIpc) is 2.39. The van der Waals surface area contributed by atoms with E-state index >= 15 is 0 Å². The van der Waals surface area contributed by atoms with Crippen LogP contribution in [0.1, 0.15) is 38.5 Å². The number of aromatic nitrogens is 2. The normalized spacial score (nSPS) is 28.8. The molecule has 1 aromatic heterocycles. The first-order valence-electron chi connectivity index (χ1n) is 6.67. The lowest BCUT2D eigenvalue weighted by atomic mass is 9.78. The molecule has 1 N–H and O–H groups in total. The molecule has 0 aromatic carbocycles. The van der Waals surface area contributed by atoms with Crippen LogP contribution in [-0.2, 0) is 0 Å². The van der Waals surface area contributed by atoms with Crippen molar-refractivity contribution in [2.45, 2.75) is 44.6 Å². The number of hydrogen-bond acceptors (Lipinski definition) is 3. The zero-order valence-corrected chi connectivity index (χ0v) is 10.1. The van der Waals surface area contributed by atoms with Crippen molar-refractivity contribution in [2.75, 3.05) is 11.4 Å². The number of fused-ring (bicyclic) bond motifs is 1. The molecule has 0 bridgehead atoms. The molecule has 2 aliphatic rings. The molecule has 1 aliphatic heterocycles. The van der Waals surface area contributed by atoms with Crippen molar-refractivity contribution < 1.29 is 0 Å². The van der Waals surface area contributed by atoms with Gasteiger partial charge in [-0.1, -0.05) is 12.8 Å². The summed E-state index contributed by atoms with van der Waals surface area (Å²) in [6, 6.07) is 4.08. The quantitative estimate of drug-likeness (QED) is 0.806. The zero-order chi connectivity index (χ0) is 11.7. The van der Waals surface area contributed by atoms with Gasteiger partial charge in [-0.05, 0) is 37.7 Å².